The zero-order valence-electron chi connectivity index (χ0n) is 15.6. The van der Waals surface area contributed by atoms with Gasteiger partial charge in [0.15, 0.2) is 14.6 Å². The van der Waals surface area contributed by atoms with E-state index in [1.807, 2.05) is 30.3 Å². The van der Waals surface area contributed by atoms with Crippen molar-refractivity contribution < 1.29 is 17.9 Å². The van der Waals surface area contributed by atoms with E-state index in [9.17, 15) is 13.2 Å². The monoisotopic (exact) mass is 416 g/mol. The summed E-state index contributed by atoms with van der Waals surface area (Å²) >= 11 is 0. The highest BCUT2D eigenvalue weighted by atomic mass is 35.5. The molecule has 2 aliphatic rings. The van der Waals surface area contributed by atoms with Gasteiger partial charge >= 0.3 is 0 Å². The van der Waals surface area contributed by atoms with Gasteiger partial charge in [0.2, 0.25) is 5.91 Å². The molecule has 2 aliphatic heterocycles. The fourth-order valence-electron chi connectivity index (χ4n) is 4.05. The van der Waals surface area contributed by atoms with E-state index in [1.54, 1.807) is 0 Å². The molecular weight excluding hydrogens is 388 g/mol. The molecular formula is C19H29ClN2O4S. The Morgan fingerprint density at radius 1 is 1.26 bits per heavy atom. The Bertz CT molecular complexity index is 720. The number of carbonyl (C=O) groups is 1. The van der Waals surface area contributed by atoms with Crippen LogP contribution in [0.1, 0.15) is 37.4 Å². The number of piperidine rings is 1. The molecule has 1 amide bonds. The van der Waals surface area contributed by atoms with Crippen LogP contribution in [0.25, 0.3) is 0 Å². The number of benzene rings is 1. The summed E-state index contributed by atoms with van der Waals surface area (Å²) in [6.45, 7) is 2.23. The molecule has 1 aromatic carbocycles. The molecule has 2 fully saturated rings. The molecule has 6 nitrogen and oxygen atoms in total. The van der Waals surface area contributed by atoms with Gasteiger partial charge in [0.25, 0.3) is 0 Å². The predicted molar refractivity (Wildman–Crippen MR) is 108 cm³/mol. The summed E-state index contributed by atoms with van der Waals surface area (Å²) in [7, 11) is -3.49. The summed E-state index contributed by atoms with van der Waals surface area (Å²) in [5, 5.41) is 6.08. The summed E-state index contributed by atoms with van der Waals surface area (Å²) in [5.41, 5.74) is 1.10. The van der Waals surface area contributed by atoms with E-state index in [2.05, 4.69) is 10.6 Å². The molecule has 27 heavy (non-hydrogen) atoms. The van der Waals surface area contributed by atoms with Crippen molar-refractivity contribution in [1.29, 1.82) is 0 Å². The highest BCUT2D eigenvalue weighted by molar-refractivity contribution is 7.92. The van der Waals surface area contributed by atoms with Crippen molar-refractivity contribution in [2.45, 2.75) is 36.5 Å². The summed E-state index contributed by atoms with van der Waals surface area (Å²) in [4.78, 5) is 12.9. The van der Waals surface area contributed by atoms with Crippen molar-refractivity contribution >= 4 is 28.2 Å². The number of hydrogen-bond acceptors (Lipinski definition) is 5. The number of halogens is 1. The van der Waals surface area contributed by atoms with Crippen molar-refractivity contribution in [2.24, 2.45) is 5.92 Å². The fourth-order valence-corrected chi connectivity index (χ4v) is 5.40. The lowest BCUT2D eigenvalue weighted by Crippen LogP contribution is -2.58. The van der Waals surface area contributed by atoms with Crippen LogP contribution in [0.3, 0.4) is 0 Å². The van der Waals surface area contributed by atoms with E-state index in [1.165, 1.54) is 6.26 Å². The van der Waals surface area contributed by atoms with Crippen molar-refractivity contribution in [3.63, 3.8) is 0 Å². The number of rotatable bonds is 5. The van der Waals surface area contributed by atoms with Crippen LogP contribution in [0.4, 0.5) is 0 Å². The largest absolute Gasteiger partial charge is 0.373 e. The summed E-state index contributed by atoms with van der Waals surface area (Å²) in [6, 6.07) is 10.0. The zero-order valence-corrected chi connectivity index (χ0v) is 17.3. The first-order valence-electron chi connectivity index (χ1n) is 9.29. The smallest absolute Gasteiger partial charge is 0.241 e. The van der Waals surface area contributed by atoms with Gasteiger partial charge in [0.05, 0.1) is 6.10 Å². The number of hydrogen-bond donors (Lipinski definition) is 2. The quantitative estimate of drug-likeness (QED) is 0.765. The van der Waals surface area contributed by atoms with Crippen LogP contribution in [0, 0.1) is 5.92 Å². The maximum atomic E-state index is 12.9. The molecule has 0 saturated carbocycles. The van der Waals surface area contributed by atoms with E-state index in [0.717, 1.165) is 18.4 Å². The van der Waals surface area contributed by atoms with Crippen molar-refractivity contribution in [3.05, 3.63) is 35.9 Å². The number of sulfone groups is 1. The topological polar surface area (TPSA) is 84.5 Å². The predicted octanol–water partition coefficient (Wildman–Crippen LogP) is 1.86. The van der Waals surface area contributed by atoms with E-state index in [4.69, 9.17) is 4.74 Å². The third kappa shape index (κ3) is 4.83. The van der Waals surface area contributed by atoms with Gasteiger partial charge in [0, 0.05) is 25.3 Å². The third-order valence-corrected chi connectivity index (χ3v) is 7.65. The number of ether oxygens (including phenoxy) is 1. The van der Waals surface area contributed by atoms with Gasteiger partial charge in [-0.25, -0.2) is 8.42 Å². The number of amides is 1. The van der Waals surface area contributed by atoms with Crippen LogP contribution in [-0.2, 0) is 19.4 Å². The Hall–Kier alpha value is -1.15. The average molecular weight is 417 g/mol. The molecule has 0 aromatic heterocycles. The molecule has 0 spiro atoms. The minimum absolute atomic E-state index is 0. The minimum atomic E-state index is -3.49. The van der Waals surface area contributed by atoms with Gasteiger partial charge in [-0.2, -0.15) is 0 Å². The number of nitrogens with one attached hydrogen (secondary N) is 2. The molecule has 3 rings (SSSR count). The van der Waals surface area contributed by atoms with Gasteiger partial charge < -0.3 is 15.4 Å². The molecule has 1 aromatic rings. The second kappa shape index (κ2) is 9.37. The lowest BCUT2D eigenvalue weighted by Gasteiger charge is -2.36. The van der Waals surface area contributed by atoms with E-state index < -0.39 is 14.6 Å². The normalized spacial score (nSPS) is 25.2. The molecule has 2 atom stereocenters. The first-order chi connectivity index (χ1) is 12.4. The molecule has 2 saturated heterocycles. The van der Waals surface area contributed by atoms with Crippen LogP contribution < -0.4 is 10.6 Å². The highest BCUT2D eigenvalue weighted by Crippen LogP contribution is 2.34. The van der Waals surface area contributed by atoms with E-state index in [-0.39, 0.29) is 30.3 Å². The Kier molecular flexibility index (Phi) is 7.68. The van der Waals surface area contributed by atoms with Crippen molar-refractivity contribution in [1.82, 2.24) is 10.6 Å². The summed E-state index contributed by atoms with van der Waals surface area (Å²) in [6.07, 6.45) is 3.65. The van der Waals surface area contributed by atoms with E-state index >= 15 is 0 Å². The number of carbonyl (C=O) groups excluding carboxylic acids is 1. The molecule has 2 N–H and O–H groups in total. The minimum Gasteiger partial charge on any atom is -0.373 e. The summed E-state index contributed by atoms with van der Waals surface area (Å²) < 4.78 is 29.4. The van der Waals surface area contributed by atoms with E-state index in [0.29, 0.717) is 39.1 Å². The lowest BCUT2D eigenvalue weighted by atomic mass is 9.89. The van der Waals surface area contributed by atoms with Crippen LogP contribution in [0.2, 0.25) is 0 Å². The zero-order chi connectivity index (χ0) is 18.6. The Morgan fingerprint density at radius 2 is 1.93 bits per heavy atom. The van der Waals surface area contributed by atoms with Crippen molar-refractivity contribution in [3.8, 4) is 0 Å². The maximum absolute atomic E-state index is 12.9. The Balaban J connectivity index is 0.00000261. The fraction of sp³-hybridized carbons (Fsp3) is 0.632. The van der Waals surface area contributed by atoms with Crippen LogP contribution >= 0.6 is 12.4 Å². The van der Waals surface area contributed by atoms with Gasteiger partial charge in [-0.15, -0.1) is 12.4 Å². The molecule has 0 aliphatic carbocycles. The highest BCUT2D eigenvalue weighted by Gasteiger charge is 2.48. The Labute approximate surface area is 167 Å². The standard InChI is InChI=1S/C19H28N2O4S.ClH/c1-26(23,24)19(9-11-20-12-10-19)18(22)21-14-16-8-5-13-25-17(16)15-6-3-2-4-7-15;/h2-4,6-7,16-17,20H,5,8-14H2,1H3,(H,21,22);1H. The van der Waals surface area contributed by atoms with Crippen LogP contribution in [-0.4, -0.2) is 51.6 Å². The second-order valence-corrected chi connectivity index (χ2v) is 9.66. The van der Waals surface area contributed by atoms with Gasteiger partial charge in [-0.05, 0) is 44.3 Å². The summed E-state index contributed by atoms with van der Waals surface area (Å²) in [5.74, 6) is -0.215. The molecule has 0 bridgehead atoms. The molecule has 0 radical (unpaired) electrons. The van der Waals surface area contributed by atoms with Crippen LogP contribution in [0.5, 0.6) is 0 Å². The van der Waals surface area contributed by atoms with Gasteiger partial charge in [-0.3, -0.25) is 4.79 Å². The van der Waals surface area contributed by atoms with Gasteiger partial charge in [-0.1, -0.05) is 30.3 Å². The third-order valence-electron chi connectivity index (χ3n) is 5.63. The average Bonchev–Trinajstić information content (AvgIpc) is 2.66. The first-order valence-corrected chi connectivity index (χ1v) is 11.2. The lowest BCUT2D eigenvalue weighted by molar-refractivity contribution is -0.125. The molecule has 8 heteroatoms. The van der Waals surface area contributed by atoms with Gasteiger partial charge in [0.1, 0.15) is 0 Å². The molecule has 152 valence electrons. The molecule has 2 heterocycles. The van der Waals surface area contributed by atoms with Crippen LogP contribution in [0.15, 0.2) is 30.3 Å². The molecule has 2 unspecified atom stereocenters. The second-order valence-electron chi connectivity index (χ2n) is 7.33. The van der Waals surface area contributed by atoms with Crippen molar-refractivity contribution in [2.75, 3.05) is 32.5 Å². The SMILES string of the molecule is CS(=O)(=O)C1(C(=O)NCC2CCCOC2c2ccccc2)CCNCC1.Cl. The maximum Gasteiger partial charge on any atom is 0.241 e. The first kappa shape index (κ1) is 22.1. The Morgan fingerprint density at radius 3 is 2.56 bits per heavy atom.